The van der Waals surface area contributed by atoms with Gasteiger partial charge in [-0.3, -0.25) is 0 Å². The molecule has 0 amide bonds. The van der Waals surface area contributed by atoms with Crippen LogP contribution in [0.5, 0.6) is 5.75 Å². The molecule has 0 aliphatic heterocycles. The lowest BCUT2D eigenvalue weighted by molar-refractivity contribution is 0.479. The first-order chi connectivity index (χ1) is 9.77. The Bertz CT molecular complexity index is 721. The fourth-order valence-corrected chi connectivity index (χ4v) is 2.37. The molecule has 20 heavy (non-hydrogen) atoms. The standard InChI is InChI=1S/C18H15NO/c19-16-12-11-15(13-7-3-1-4-8-13)18(20)17(16)14-9-5-2-6-10-14/h1-12,20H,19H2. The maximum atomic E-state index is 10.6. The molecule has 0 spiro atoms. The van der Waals surface area contributed by atoms with Crippen molar-refractivity contribution in [1.29, 1.82) is 0 Å². The van der Waals surface area contributed by atoms with Gasteiger partial charge in [-0.1, -0.05) is 60.7 Å². The van der Waals surface area contributed by atoms with Crippen molar-refractivity contribution in [3.63, 3.8) is 0 Å². The van der Waals surface area contributed by atoms with E-state index in [1.807, 2.05) is 72.8 Å². The van der Waals surface area contributed by atoms with Crippen LogP contribution in [-0.4, -0.2) is 5.11 Å². The van der Waals surface area contributed by atoms with E-state index in [4.69, 9.17) is 5.73 Å². The predicted octanol–water partition coefficient (Wildman–Crippen LogP) is 4.31. The molecule has 0 aromatic heterocycles. The molecule has 3 N–H and O–H groups in total. The van der Waals surface area contributed by atoms with Crippen LogP contribution < -0.4 is 5.73 Å². The van der Waals surface area contributed by atoms with Gasteiger partial charge < -0.3 is 10.8 Å². The first-order valence-corrected chi connectivity index (χ1v) is 6.49. The molecular formula is C18H15NO. The number of nitrogens with two attached hydrogens (primary N) is 1. The normalized spacial score (nSPS) is 10.4. The van der Waals surface area contributed by atoms with Crippen LogP contribution in [0.25, 0.3) is 22.3 Å². The Morgan fingerprint density at radius 1 is 0.650 bits per heavy atom. The number of anilines is 1. The molecule has 0 saturated carbocycles. The zero-order valence-corrected chi connectivity index (χ0v) is 11.0. The van der Waals surface area contributed by atoms with Crippen LogP contribution >= 0.6 is 0 Å². The monoisotopic (exact) mass is 261 g/mol. The lowest BCUT2D eigenvalue weighted by Gasteiger charge is -2.13. The highest BCUT2D eigenvalue weighted by Crippen LogP contribution is 2.41. The first-order valence-electron chi connectivity index (χ1n) is 6.49. The van der Waals surface area contributed by atoms with E-state index in [-0.39, 0.29) is 5.75 Å². The fraction of sp³-hybridized carbons (Fsp3) is 0. The second-order valence-corrected chi connectivity index (χ2v) is 4.66. The van der Waals surface area contributed by atoms with E-state index < -0.39 is 0 Å². The third-order valence-corrected chi connectivity index (χ3v) is 3.36. The van der Waals surface area contributed by atoms with E-state index in [1.54, 1.807) is 0 Å². The summed E-state index contributed by atoms with van der Waals surface area (Å²) in [4.78, 5) is 0. The van der Waals surface area contributed by atoms with Gasteiger partial charge in [0.15, 0.2) is 0 Å². The summed E-state index contributed by atoms with van der Waals surface area (Å²) in [5.41, 5.74) is 9.99. The van der Waals surface area contributed by atoms with Crippen LogP contribution in [0.4, 0.5) is 5.69 Å². The van der Waals surface area contributed by atoms with Gasteiger partial charge in [-0.05, 0) is 23.3 Å². The van der Waals surface area contributed by atoms with Gasteiger partial charge in [0.05, 0.1) is 0 Å². The summed E-state index contributed by atoms with van der Waals surface area (Å²) in [5, 5.41) is 10.6. The van der Waals surface area contributed by atoms with Crippen molar-refractivity contribution in [1.82, 2.24) is 0 Å². The number of phenolic OH excluding ortho intramolecular Hbond substituents is 1. The molecule has 0 aliphatic rings. The summed E-state index contributed by atoms with van der Waals surface area (Å²) in [7, 11) is 0. The van der Waals surface area contributed by atoms with Crippen molar-refractivity contribution in [2.75, 3.05) is 5.73 Å². The lowest BCUT2D eigenvalue weighted by atomic mass is 9.96. The summed E-state index contributed by atoms with van der Waals surface area (Å²) in [5.74, 6) is 0.224. The van der Waals surface area contributed by atoms with Crippen molar-refractivity contribution in [2.45, 2.75) is 0 Å². The van der Waals surface area contributed by atoms with E-state index in [1.165, 1.54) is 0 Å². The molecule has 0 fully saturated rings. The summed E-state index contributed by atoms with van der Waals surface area (Å²) in [6.45, 7) is 0. The highest BCUT2D eigenvalue weighted by molar-refractivity contribution is 5.89. The van der Waals surface area contributed by atoms with E-state index >= 15 is 0 Å². The van der Waals surface area contributed by atoms with Gasteiger partial charge in [0.2, 0.25) is 0 Å². The molecule has 2 nitrogen and oxygen atoms in total. The van der Waals surface area contributed by atoms with Crippen LogP contribution in [-0.2, 0) is 0 Å². The minimum atomic E-state index is 0.224. The minimum absolute atomic E-state index is 0.224. The van der Waals surface area contributed by atoms with Gasteiger partial charge in [-0.2, -0.15) is 0 Å². The molecule has 3 aromatic carbocycles. The molecule has 0 saturated heterocycles. The van der Waals surface area contributed by atoms with Crippen LogP contribution in [0.15, 0.2) is 72.8 Å². The van der Waals surface area contributed by atoms with Crippen LogP contribution in [0.3, 0.4) is 0 Å². The van der Waals surface area contributed by atoms with Crippen molar-refractivity contribution < 1.29 is 5.11 Å². The van der Waals surface area contributed by atoms with Crippen molar-refractivity contribution in [3.8, 4) is 28.0 Å². The van der Waals surface area contributed by atoms with Gasteiger partial charge >= 0.3 is 0 Å². The van der Waals surface area contributed by atoms with Gasteiger partial charge in [0.25, 0.3) is 0 Å². The van der Waals surface area contributed by atoms with Crippen molar-refractivity contribution >= 4 is 5.69 Å². The summed E-state index contributed by atoms with van der Waals surface area (Å²) in [6.07, 6.45) is 0. The number of hydrogen-bond donors (Lipinski definition) is 2. The van der Waals surface area contributed by atoms with Crippen molar-refractivity contribution in [2.24, 2.45) is 0 Å². The summed E-state index contributed by atoms with van der Waals surface area (Å²) >= 11 is 0. The lowest BCUT2D eigenvalue weighted by Crippen LogP contribution is -1.92. The number of rotatable bonds is 2. The molecule has 2 heteroatoms. The van der Waals surface area contributed by atoms with Gasteiger partial charge in [-0.15, -0.1) is 0 Å². The van der Waals surface area contributed by atoms with Gasteiger partial charge in [0.1, 0.15) is 5.75 Å². The minimum Gasteiger partial charge on any atom is -0.507 e. The third kappa shape index (κ3) is 2.12. The first kappa shape index (κ1) is 12.3. The molecule has 0 heterocycles. The highest BCUT2D eigenvalue weighted by Gasteiger charge is 2.13. The van der Waals surface area contributed by atoms with Crippen LogP contribution in [0.2, 0.25) is 0 Å². The van der Waals surface area contributed by atoms with Crippen LogP contribution in [0, 0.1) is 0 Å². The van der Waals surface area contributed by atoms with E-state index in [0.29, 0.717) is 11.3 Å². The molecule has 98 valence electrons. The molecule has 0 unspecified atom stereocenters. The molecule has 0 radical (unpaired) electrons. The summed E-state index contributed by atoms with van der Waals surface area (Å²) < 4.78 is 0. The smallest absolute Gasteiger partial charge is 0.133 e. The molecule has 0 aliphatic carbocycles. The molecule has 0 bridgehead atoms. The van der Waals surface area contributed by atoms with Gasteiger partial charge in [-0.25, -0.2) is 0 Å². The van der Waals surface area contributed by atoms with E-state index in [0.717, 1.165) is 16.7 Å². The maximum Gasteiger partial charge on any atom is 0.133 e. The largest absolute Gasteiger partial charge is 0.507 e. The fourth-order valence-electron chi connectivity index (χ4n) is 2.37. The number of phenols is 1. The third-order valence-electron chi connectivity index (χ3n) is 3.36. The zero-order valence-electron chi connectivity index (χ0n) is 11.0. The Morgan fingerprint density at radius 3 is 1.80 bits per heavy atom. The SMILES string of the molecule is Nc1ccc(-c2ccccc2)c(O)c1-c1ccccc1. The predicted molar refractivity (Wildman–Crippen MR) is 83.4 cm³/mol. The average Bonchev–Trinajstić information content (AvgIpc) is 2.49. The van der Waals surface area contributed by atoms with E-state index in [9.17, 15) is 5.11 Å². The number of aromatic hydroxyl groups is 1. The Labute approximate surface area is 118 Å². The highest BCUT2D eigenvalue weighted by atomic mass is 16.3. The van der Waals surface area contributed by atoms with Gasteiger partial charge in [0, 0.05) is 16.8 Å². The Balaban J connectivity index is 2.22. The average molecular weight is 261 g/mol. The van der Waals surface area contributed by atoms with Crippen LogP contribution in [0.1, 0.15) is 0 Å². The maximum absolute atomic E-state index is 10.6. The Morgan fingerprint density at radius 2 is 1.20 bits per heavy atom. The molecule has 0 atom stereocenters. The Kier molecular flexibility index (Phi) is 3.13. The Hall–Kier alpha value is -2.74. The second-order valence-electron chi connectivity index (χ2n) is 4.66. The quantitative estimate of drug-likeness (QED) is 0.675. The summed E-state index contributed by atoms with van der Waals surface area (Å²) in [6, 6.07) is 23.2. The molecule has 3 aromatic rings. The second kappa shape index (κ2) is 5.10. The topological polar surface area (TPSA) is 46.2 Å². The van der Waals surface area contributed by atoms with Crippen molar-refractivity contribution in [3.05, 3.63) is 72.8 Å². The zero-order chi connectivity index (χ0) is 13.9. The number of nitrogen functional groups attached to an aromatic ring is 1. The molecule has 3 rings (SSSR count). The number of benzene rings is 3. The number of hydrogen-bond acceptors (Lipinski definition) is 2. The van der Waals surface area contributed by atoms with E-state index in [2.05, 4.69) is 0 Å². The molecular weight excluding hydrogens is 246 g/mol.